The quantitative estimate of drug-likeness (QED) is 0.817. The summed E-state index contributed by atoms with van der Waals surface area (Å²) in [6, 6.07) is 11.9. The lowest BCUT2D eigenvalue weighted by Crippen LogP contribution is -2.29. The monoisotopic (exact) mass is 284 g/mol. The van der Waals surface area contributed by atoms with Crippen LogP contribution in [0.3, 0.4) is 0 Å². The molecule has 2 rings (SSSR count). The first-order chi connectivity index (χ1) is 10.3. The molecule has 1 aromatic carbocycles. The summed E-state index contributed by atoms with van der Waals surface area (Å²) >= 11 is 0. The van der Waals surface area contributed by atoms with E-state index in [1.807, 2.05) is 53.5 Å². The van der Waals surface area contributed by atoms with Gasteiger partial charge in [-0.2, -0.15) is 0 Å². The SMILES string of the molecule is OCCN(CCO)c1ccc(/C=C/c2ccncc2)cc1. The van der Waals surface area contributed by atoms with E-state index in [-0.39, 0.29) is 13.2 Å². The Balaban J connectivity index is 2.06. The van der Waals surface area contributed by atoms with E-state index in [9.17, 15) is 0 Å². The third-order valence-electron chi connectivity index (χ3n) is 3.17. The van der Waals surface area contributed by atoms with Gasteiger partial charge in [0.05, 0.1) is 13.2 Å². The van der Waals surface area contributed by atoms with Gasteiger partial charge in [0.25, 0.3) is 0 Å². The number of anilines is 1. The topological polar surface area (TPSA) is 56.6 Å². The van der Waals surface area contributed by atoms with Gasteiger partial charge in [-0.25, -0.2) is 0 Å². The molecule has 4 heteroatoms. The van der Waals surface area contributed by atoms with E-state index in [4.69, 9.17) is 10.2 Å². The predicted octanol–water partition coefficient (Wildman–Crippen LogP) is 2.04. The molecule has 21 heavy (non-hydrogen) atoms. The first-order valence-corrected chi connectivity index (χ1v) is 6.98. The normalized spacial score (nSPS) is 11.0. The van der Waals surface area contributed by atoms with Crippen LogP contribution in [0.2, 0.25) is 0 Å². The van der Waals surface area contributed by atoms with Crippen LogP contribution in [0.25, 0.3) is 12.2 Å². The summed E-state index contributed by atoms with van der Waals surface area (Å²) in [5.41, 5.74) is 3.21. The largest absolute Gasteiger partial charge is 0.395 e. The van der Waals surface area contributed by atoms with Gasteiger partial charge in [0, 0.05) is 31.2 Å². The van der Waals surface area contributed by atoms with Crippen molar-refractivity contribution in [1.82, 2.24) is 4.98 Å². The van der Waals surface area contributed by atoms with E-state index in [0.717, 1.165) is 16.8 Å². The van der Waals surface area contributed by atoms with Crippen molar-refractivity contribution in [3.63, 3.8) is 0 Å². The van der Waals surface area contributed by atoms with Crippen LogP contribution in [0.5, 0.6) is 0 Å². The molecule has 1 heterocycles. The molecule has 0 spiro atoms. The molecular formula is C17H20N2O2. The molecule has 0 saturated carbocycles. The Bertz CT molecular complexity index is 547. The van der Waals surface area contributed by atoms with E-state index < -0.39 is 0 Å². The molecule has 0 unspecified atom stereocenters. The number of rotatable bonds is 7. The molecule has 0 amide bonds. The summed E-state index contributed by atoms with van der Waals surface area (Å²) in [6.07, 6.45) is 7.62. The molecule has 110 valence electrons. The zero-order valence-corrected chi connectivity index (χ0v) is 11.9. The van der Waals surface area contributed by atoms with E-state index in [0.29, 0.717) is 13.1 Å². The van der Waals surface area contributed by atoms with Gasteiger partial charge in [0.1, 0.15) is 0 Å². The van der Waals surface area contributed by atoms with Crippen LogP contribution in [-0.2, 0) is 0 Å². The van der Waals surface area contributed by atoms with Crippen molar-refractivity contribution in [3.05, 3.63) is 59.9 Å². The van der Waals surface area contributed by atoms with Gasteiger partial charge in [-0.05, 0) is 35.4 Å². The molecule has 2 aromatic rings. The molecule has 2 N–H and O–H groups in total. The fourth-order valence-electron chi connectivity index (χ4n) is 2.07. The third kappa shape index (κ3) is 4.70. The maximum Gasteiger partial charge on any atom is 0.0606 e. The molecule has 0 aliphatic heterocycles. The van der Waals surface area contributed by atoms with Crippen LogP contribution in [0, 0.1) is 0 Å². The Kier molecular flexibility index (Phi) is 5.94. The lowest BCUT2D eigenvalue weighted by molar-refractivity contribution is 0.281. The van der Waals surface area contributed by atoms with Gasteiger partial charge in [-0.1, -0.05) is 24.3 Å². The minimum absolute atomic E-state index is 0.0731. The van der Waals surface area contributed by atoms with Crippen molar-refractivity contribution in [2.75, 3.05) is 31.2 Å². The predicted molar refractivity (Wildman–Crippen MR) is 86.0 cm³/mol. The Morgan fingerprint density at radius 3 is 1.86 bits per heavy atom. The molecule has 0 aliphatic carbocycles. The average molecular weight is 284 g/mol. The first kappa shape index (κ1) is 15.2. The van der Waals surface area contributed by atoms with Crippen LogP contribution < -0.4 is 4.90 Å². The number of aliphatic hydroxyl groups is 2. The fourth-order valence-corrected chi connectivity index (χ4v) is 2.07. The summed E-state index contributed by atoms with van der Waals surface area (Å²) in [5.74, 6) is 0. The number of benzene rings is 1. The molecule has 1 aromatic heterocycles. The van der Waals surface area contributed by atoms with Crippen molar-refractivity contribution < 1.29 is 10.2 Å². The molecule has 0 saturated heterocycles. The van der Waals surface area contributed by atoms with Gasteiger partial charge >= 0.3 is 0 Å². The van der Waals surface area contributed by atoms with Crippen molar-refractivity contribution in [1.29, 1.82) is 0 Å². The zero-order chi connectivity index (χ0) is 14.9. The van der Waals surface area contributed by atoms with E-state index in [2.05, 4.69) is 4.98 Å². The van der Waals surface area contributed by atoms with Gasteiger partial charge in [-0.3, -0.25) is 4.98 Å². The van der Waals surface area contributed by atoms with Crippen LogP contribution >= 0.6 is 0 Å². The molecule has 0 fully saturated rings. The minimum atomic E-state index is 0.0731. The Labute approximate surface area is 125 Å². The smallest absolute Gasteiger partial charge is 0.0606 e. The second kappa shape index (κ2) is 8.19. The van der Waals surface area contributed by atoms with Crippen LogP contribution in [0.15, 0.2) is 48.8 Å². The Hall–Kier alpha value is -2.17. The molecule has 0 bridgehead atoms. The standard InChI is InChI=1S/C17H20N2O2/c20-13-11-19(12-14-21)17-5-3-15(4-6-17)1-2-16-7-9-18-10-8-16/h1-10,20-21H,11-14H2/b2-1+. The lowest BCUT2D eigenvalue weighted by atomic mass is 10.1. The zero-order valence-electron chi connectivity index (χ0n) is 11.9. The number of pyridine rings is 1. The van der Waals surface area contributed by atoms with E-state index in [1.54, 1.807) is 12.4 Å². The minimum Gasteiger partial charge on any atom is -0.395 e. The maximum absolute atomic E-state index is 9.05. The summed E-state index contributed by atoms with van der Waals surface area (Å²) in [6.45, 7) is 1.19. The Morgan fingerprint density at radius 1 is 0.810 bits per heavy atom. The van der Waals surface area contributed by atoms with E-state index >= 15 is 0 Å². The number of hydrogen-bond acceptors (Lipinski definition) is 4. The van der Waals surface area contributed by atoms with Crippen LogP contribution in [0.4, 0.5) is 5.69 Å². The van der Waals surface area contributed by atoms with Crippen LogP contribution in [0.1, 0.15) is 11.1 Å². The van der Waals surface area contributed by atoms with Crippen LogP contribution in [-0.4, -0.2) is 41.5 Å². The molecule has 0 atom stereocenters. The molecular weight excluding hydrogens is 264 g/mol. The average Bonchev–Trinajstić information content (AvgIpc) is 2.54. The van der Waals surface area contributed by atoms with Crippen molar-refractivity contribution in [2.45, 2.75) is 0 Å². The molecule has 0 aliphatic rings. The summed E-state index contributed by atoms with van der Waals surface area (Å²) in [5, 5.41) is 18.1. The van der Waals surface area contributed by atoms with Crippen molar-refractivity contribution >= 4 is 17.8 Å². The second-order valence-corrected chi connectivity index (χ2v) is 4.64. The number of aliphatic hydroxyl groups excluding tert-OH is 2. The van der Waals surface area contributed by atoms with Crippen molar-refractivity contribution in [2.24, 2.45) is 0 Å². The third-order valence-corrected chi connectivity index (χ3v) is 3.17. The fraction of sp³-hybridized carbons (Fsp3) is 0.235. The highest BCUT2D eigenvalue weighted by atomic mass is 16.3. The maximum atomic E-state index is 9.05. The number of aromatic nitrogens is 1. The lowest BCUT2D eigenvalue weighted by Gasteiger charge is -2.22. The van der Waals surface area contributed by atoms with E-state index in [1.165, 1.54) is 0 Å². The molecule has 0 radical (unpaired) electrons. The van der Waals surface area contributed by atoms with Gasteiger partial charge in [-0.15, -0.1) is 0 Å². The highest BCUT2D eigenvalue weighted by Crippen LogP contribution is 2.16. The van der Waals surface area contributed by atoms with Gasteiger partial charge < -0.3 is 15.1 Å². The highest BCUT2D eigenvalue weighted by molar-refractivity contribution is 5.70. The number of hydrogen-bond donors (Lipinski definition) is 2. The Morgan fingerprint density at radius 2 is 1.33 bits per heavy atom. The first-order valence-electron chi connectivity index (χ1n) is 6.98. The summed E-state index contributed by atoms with van der Waals surface area (Å²) in [4.78, 5) is 5.94. The molecule has 4 nitrogen and oxygen atoms in total. The number of nitrogens with zero attached hydrogens (tertiary/aromatic N) is 2. The summed E-state index contributed by atoms with van der Waals surface area (Å²) < 4.78 is 0. The summed E-state index contributed by atoms with van der Waals surface area (Å²) in [7, 11) is 0. The van der Waals surface area contributed by atoms with Gasteiger partial charge in [0.2, 0.25) is 0 Å². The van der Waals surface area contributed by atoms with Gasteiger partial charge in [0.15, 0.2) is 0 Å². The highest BCUT2D eigenvalue weighted by Gasteiger charge is 2.04. The van der Waals surface area contributed by atoms with Crippen molar-refractivity contribution in [3.8, 4) is 0 Å². The second-order valence-electron chi connectivity index (χ2n) is 4.64.